The van der Waals surface area contributed by atoms with Gasteiger partial charge in [-0.2, -0.15) is 0 Å². The van der Waals surface area contributed by atoms with E-state index in [1.807, 2.05) is 18.2 Å². The number of benzene rings is 1. The van der Waals surface area contributed by atoms with Crippen LogP contribution in [0.3, 0.4) is 0 Å². The molecule has 0 amide bonds. The van der Waals surface area contributed by atoms with Crippen molar-refractivity contribution in [3.05, 3.63) is 28.2 Å². The highest BCUT2D eigenvalue weighted by Gasteiger charge is 2.12. The molecule has 1 N–H and O–H groups in total. The summed E-state index contributed by atoms with van der Waals surface area (Å²) in [6.07, 6.45) is 5.09. The largest absolute Gasteiger partial charge is 0.496 e. The lowest BCUT2D eigenvalue weighted by Crippen LogP contribution is -2.00. The highest BCUT2D eigenvalue weighted by atomic mass is 79.9. The van der Waals surface area contributed by atoms with Crippen molar-refractivity contribution in [1.29, 1.82) is 0 Å². The van der Waals surface area contributed by atoms with Gasteiger partial charge in [-0.25, -0.2) is 0 Å². The molecule has 1 aromatic rings. The molecule has 1 aromatic carbocycles. The van der Waals surface area contributed by atoms with Gasteiger partial charge in [-0.3, -0.25) is 0 Å². The minimum Gasteiger partial charge on any atom is -0.496 e. The van der Waals surface area contributed by atoms with E-state index in [1.165, 1.54) is 19.3 Å². The molecule has 0 aliphatic rings. The van der Waals surface area contributed by atoms with Crippen LogP contribution in [0.4, 0.5) is 0 Å². The van der Waals surface area contributed by atoms with Crippen LogP contribution >= 0.6 is 15.9 Å². The van der Waals surface area contributed by atoms with Gasteiger partial charge in [-0.05, 0) is 18.6 Å². The summed E-state index contributed by atoms with van der Waals surface area (Å²) < 4.78 is 6.25. The number of aliphatic hydroxyl groups is 1. The van der Waals surface area contributed by atoms with Crippen molar-refractivity contribution in [2.45, 2.75) is 45.1 Å². The fourth-order valence-corrected chi connectivity index (χ4v) is 2.22. The van der Waals surface area contributed by atoms with Gasteiger partial charge in [-0.15, -0.1) is 0 Å². The Labute approximate surface area is 112 Å². The zero-order chi connectivity index (χ0) is 12.7. The van der Waals surface area contributed by atoms with Gasteiger partial charge >= 0.3 is 0 Å². The lowest BCUT2D eigenvalue weighted by molar-refractivity contribution is 0.159. The molecule has 3 heteroatoms. The summed E-state index contributed by atoms with van der Waals surface area (Å²) in [6.45, 7) is 2.19. The molecule has 0 aliphatic heterocycles. The monoisotopic (exact) mass is 300 g/mol. The Morgan fingerprint density at radius 1 is 1.29 bits per heavy atom. The highest BCUT2D eigenvalue weighted by Crippen LogP contribution is 2.31. The van der Waals surface area contributed by atoms with Gasteiger partial charge in [0.05, 0.1) is 13.2 Å². The summed E-state index contributed by atoms with van der Waals surface area (Å²) in [5.74, 6) is 0.752. The molecule has 0 heterocycles. The van der Waals surface area contributed by atoms with Crippen LogP contribution in [-0.4, -0.2) is 12.2 Å². The zero-order valence-corrected chi connectivity index (χ0v) is 12.2. The summed E-state index contributed by atoms with van der Waals surface area (Å²) in [5.41, 5.74) is 0.882. The number of rotatable bonds is 7. The second kappa shape index (κ2) is 7.72. The predicted molar refractivity (Wildman–Crippen MR) is 74.4 cm³/mol. The van der Waals surface area contributed by atoms with E-state index in [-0.39, 0.29) is 0 Å². The van der Waals surface area contributed by atoms with Gasteiger partial charge in [0, 0.05) is 10.0 Å². The Hall–Kier alpha value is -0.540. The third-order valence-electron chi connectivity index (χ3n) is 2.89. The molecule has 2 nitrogen and oxygen atoms in total. The number of aliphatic hydroxyl groups excluding tert-OH is 1. The molecule has 17 heavy (non-hydrogen) atoms. The van der Waals surface area contributed by atoms with Crippen LogP contribution < -0.4 is 4.74 Å². The molecular formula is C14H21BrO2. The normalized spacial score (nSPS) is 12.5. The van der Waals surface area contributed by atoms with E-state index >= 15 is 0 Å². The number of unbranched alkanes of at least 4 members (excludes halogenated alkanes) is 3. The maximum Gasteiger partial charge on any atom is 0.125 e. The molecule has 0 saturated carbocycles. The van der Waals surface area contributed by atoms with Crippen molar-refractivity contribution in [3.63, 3.8) is 0 Å². The first-order chi connectivity index (χ1) is 8.19. The minimum atomic E-state index is -0.421. The molecule has 1 rings (SSSR count). The second-order valence-corrected chi connectivity index (χ2v) is 5.17. The Morgan fingerprint density at radius 2 is 2.06 bits per heavy atom. The van der Waals surface area contributed by atoms with Crippen molar-refractivity contribution in [2.75, 3.05) is 7.11 Å². The molecule has 0 bridgehead atoms. The van der Waals surface area contributed by atoms with Crippen LogP contribution in [0.5, 0.6) is 5.75 Å². The molecule has 0 aliphatic carbocycles. The fourth-order valence-electron chi connectivity index (χ4n) is 1.88. The smallest absolute Gasteiger partial charge is 0.125 e. The predicted octanol–water partition coefficient (Wildman–Crippen LogP) is 4.46. The van der Waals surface area contributed by atoms with Gasteiger partial charge in [0.1, 0.15) is 5.75 Å². The highest BCUT2D eigenvalue weighted by molar-refractivity contribution is 9.10. The summed E-state index contributed by atoms with van der Waals surface area (Å²) in [4.78, 5) is 0. The zero-order valence-electron chi connectivity index (χ0n) is 10.6. The van der Waals surface area contributed by atoms with Crippen molar-refractivity contribution >= 4 is 15.9 Å². The lowest BCUT2D eigenvalue weighted by Gasteiger charge is -2.15. The molecule has 0 aromatic heterocycles. The number of methoxy groups -OCH3 is 1. The van der Waals surface area contributed by atoms with E-state index in [9.17, 15) is 5.11 Å². The Balaban J connectivity index is 2.58. The number of hydrogen-bond donors (Lipinski definition) is 1. The van der Waals surface area contributed by atoms with Gasteiger partial charge in [0.2, 0.25) is 0 Å². The van der Waals surface area contributed by atoms with E-state index < -0.39 is 6.10 Å². The van der Waals surface area contributed by atoms with Gasteiger partial charge in [0.25, 0.3) is 0 Å². The topological polar surface area (TPSA) is 29.5 Å². The van der Waals surface area contributed by atoms with Gasteiger partial charge in [-0.1, -0.05) is 54.6 Å². The molecule has 96 valence electrons. The molecule has 1 atom stereocenters. The third-order valence-corrected chi connectivity index (χ3v) is 3.38. The fraction of sp³-hybridized carbons (Fsp3) is 0.571. The summed E-state index contributed by atoms with van der Waals surface area (Å²) in [5, 5.41) is 10.1. The molecule has 0 fully saturated rings. The van der Waals surface area contributed by atoms with Crippen LogP contribution in [-0.2, 0) is 0 Å². The first kappa shape index (κ1) is 14.5. The van der Waals surface area contributed by atoms with Crippen molar-refractivity contribution in [1.82, 2.24) is 0 Å². The first-order valence-corrected chi connectivity index (χ1v) is 6.99. The lowest BCUT2D eigenvalue weighted by atomic mass is 10.0. The van der Waals surface area contributed by atoms with Crippen molar-refractivity contribution in [2.24, 2.45) is 0 Å². The van der Waals surface area contributed by atoms with E-state index in [2.05, 4.69) is 22.9 Å². The van der Waals surface area contributed by atoms with Crippen LogP contribution in [0.1, 0.15) is 50.7 Å². The molecule has 0 saturated heterocycles. The summed E-state index contributed by atoms with van der Waals surface area (Å²) in [6, 6.07) is 5.76. The average Bonchev–Trinajstić information content (AvgIpc) is 2.34. The van der Waals surface area contributed by atoms with Crippen molar-refractivity contribution < 1.29 is 9.84 Å². The van der Waals surface area contributed by atoms with E-state index in [0.29, 0.717) is 0 Å². The SMILES string of the molecule is CCCCCCC(O)c1ccc(Br)cc1OC. The van der Waals surface area contributed by atoms with Gasteiger partial charge < -0.3 is 9.84 Å². The Bertz CT molecular complexity index is 339. The van der Waals surface area contributed by atoms with Crippen LogP contribution in [0, 0.1) is 0 Å². The number of ether oxygens (including phenoxy) is 1. The summed E-state index contributed by atoms with van der Waals surface area (Å²) in [7, 11) is 1.63. The molecule has 0 spiro atoms. The third kappa shape index (κ3) is 4.68. The molecule has 1 unspecified atom stereocenters. The number of halogens is 1. The molecular weight excluding hydrogens is 280 g/mol. The van der Waals surface area contributed by atoms with E-state index in [1.54, 1.807) is 7.11 Å². The van der Waals surface area contributed by atoms with Crippen LogP contribution in [0.2, 0.25) is 0 Å². The first-order valence-electron chi connectivity index (χ1n) is 6.20. The maximum absolute atomic E-state index is 10.1. The maximum atomic E-state index is 10.1. The number of hydrogen-bond acceptors (Lipinski definition) is 2. The quantitative estimate of drug-likeness (QED) is 0.753. The van der Waals surface area contributed by atoms with Crippen molar-refractivity contribution in [3.8, 4) is 5.75 Å². The summed E-state index contributed by atoms with van der Waals surface area (Å²) >= 11 is 3.40. The Kier molecular flexibility index (Phi) is 6.60. The minimum absolute atomic E-state index is 0.421. The second-order valence-electron chi connectivity index (χ2n) is 4.25. The Morgan fingerprint density at radius 3 is 2.71 bits per heavy atom. The average molecular weight is 301 g/mol. The molecule has 0 radical (unpaired) electrons. The van der Waals surface area contributed by atoms with E-state index in [4.69, 9.17) is 4.74 Å². The van der Waals surface area contributed by atoms with Crippen LogP contribution in [0.15, 0.2) is 22.7 Å². The standard InChI is InChI=1S/C14H21BrO2/c1-3-4-5-6-7-13(16)12-9-8-11(15)10-14(12)17-2/h8-10,13,16H,3-7H2,1-2H3. The van der Waals surface area contributed by atoms with Gasteiger partial charge in [0.15, 0.2) is 0 Å². The van der Waals surface area contributed by atoms with E-state index in [0.717, 1.165) is 28.6 Å². The van der Waals surface area contributed by atoms with Crippen LogP contribution in [0.25, 0.3) is 0 Å².